The zero-order valence-electron chi connectivity index (χ0n) is 8.82. The molecular weight excluding hydrogens is 194 g/mol. The highest BCUT2D eigenvalue weighted by atomic mass is 16.4. The van der Waals surface area contributed by atoms with E-state index < -0.39 is 5.97 Å². The first kappa shape index (κ1) is 10.2. The molecule has 0 amide bonds. The van der Waals surface area contributed by atoms with E-state index in [4.69, 9.17) is 9.52 Å². The lowest BCUT2D eigenvalue weighted by atomic mass is 10.0. The number of hydrogen-bond acceptors (Lipinski definition) is 3. The summed E-state index contributed by atoms with van der Waals surface area (Å²) in [5.41, 5.74) is 0.859. The molecule has 1 fully saturated rings. The van der Waals surface area contributed by atoms with Crippen LogP contribution in [-0.2, 0) is 11.2 Å². The zero-order valence-corrected chi connectivity index (χ0v) is 8.82. The molecule has 0 aromatic carbocycles. The van der Waals surface area contributed by atoms with Crippen LogP contribution in [0.3, 0.4) is 0 Å². The van der Waals surface area contributed by atoms with Gasteiger partial charge in [0.1, 0.15) is 12.2 Å². The Bertz CT molecular complexity index is 364. The Morgan fingerprint density at radius 2 is 2.20 bits per heavy atom. The summed E-state index contributed by atoms with van der Waals surface area (Å²) in [6, 6.07) is 0. The van der Waals surface area contributed by atoms with Crippen LogP contribution < -0.4 is 0 Å². The van der Waals surface area contributed by atoms with Crippen LogP contribution >= 0.6 is 0 Å². The molecule has 4 nitrogen and oxygen atoms in total. The predicted molar refractivity (Wildman–Crippen MR) is 53.8 cm³/mol. The average molecular weight is 209 g/mol. The normalized spacial score (nSPS) is 17.1. The lowest BCUT2D eigenvalue weighted by Crippen LogP contribution is -1.99. The lowest BCUT2D eigenvalue weighted by molar-refractivity contribution is -0.136. The molecule has 2 rings (SSSR count). The van der Waals surface area contributed by atoms with Crippen molar-refractivity contribution in [3.63, 3.8) is 0 Å². The van der Waals surface area contributed by atoms with Crippen molar-refractivity contribution in [2.24, 2.45) is 0 Å². The number of nitrogens with zero attached hydrogens (tertiary/aromatic N) is 1. The second-order valence-electron chi connectivity index (χ2n) is 4.11. The number of hydrogen-bond donors (Lipinski definition) is 1. The van der Waals surface area contributed by atoms with E-state index in [2.05, 4.69) is 4.98 Å². The summed E-state index contributed by atoms with van der Waals surface area (Å²) < 4.78 is 5.52. The van der Waals surface area contributed by atoms with Gasteiger partial charge >= 0.3 is 5.97 Å². The summed E-state index contributed by atoms with van der Waals surface area (Å²) in [5, 5.41) is 8.63. The van der Waals surface area contributed by atoms with Gasteiger partial charge in [-0.05, 0) is 19.8 Å². The molecule has 0 unspecified atom stereocenters. The Morgan fingerprint density at radius 3 is 2.80 bits per heavy atom. The van der Waals surface area contributed by atoms with Crippen molar-refractivity contribution in [1.82, 2.24) is 4.98 Å². The molecule has 1 aliphatic rings. The van der Waals surface area contributed by atoms with Gasteiger partial charge in [0.25, 0.3) is 0 Å². The fourth-order valence-corrected chi connectivity index (χ4v) is 2.24. The summed E-state index contributed by atoms with van der Waals surface area (Å²) in [5.74, 6) is 0.805. The van der Waals surface area contributed by atoms with Crippen LogP contribution in [0.5, 0.6) is 0 Å². The van der Waals surface area contributed by atoms with Crippen molar-refractivity contribution < 1.29 is 14.3 Å². The Hall–Kier alpha value is -1.32. The lowest BCUT2D eigenvalue weighted by Gasteiger charge is -2.04. The van der Waals surface area contributed by atoms with Crippen LogP contribution in [0.2, 0.25) is 0 Å². The van der Waals surface area contributed by atoms with E-state index in [-0.39, 0.29) is 6.42 Å². The number of aliphatic carboxylic acids is 1. The SMILES string of the molecule is Cc1nc(CC(=O)O)oc1C1CCCC1. The Morgan fingerprint density at radius 1 is 1.53 bits per heavy atom. The molecule has 1 aliphatic carbocycles. The highest BCUT2D eigenvalue weighted by Crippen LogP contribution is 2.35. The van der Waals surface area contributed by atoms with E-state index in [0.717, 1.165) is 24.3 Å². The van der Waals surface area contributed by atoms with Gasteiger partial charge in [0, 0.05) is 5.92 Å². The monoisotopic (exact) mass is 209 g/mol. The molecular formula is C11H15NO3. The van der Waals surface area contributed by atoms with Crippen LogP contribution in [0.4, 0.5) is 0 Å². The second kappa shape index (κ2) is 4.04. The standard InChI is InChI=1S/C11H15NO3/c1-7-11(8-4-2-3-5-8)15-9(12-7)6-10(13)14/h8H,2-6H2,1H3,(H,13,14). The maximum Gasteiger partial charge on any atom is 0.312 e. The maximum atomic E-state index is 10.5. The molecule has 15 heavy (non-hydrogen) atoms. The summed E-state index contributed by atoms with van der Waals surface area (Å²) in [7, 11) is 0. The molecule has 4 heteroatoms. The molecule has 1 heterocycles. The van der Waals surface area contributed by atoms with Crippen LogP contribution in [0.25, 0.3) is 0 Å². The molecule has 0 spiro atoms. The highest BCUT2D eigenvalue weighted by molar-refractivity contribution is 5.68. The van der Waals surface area contributed by atoms with E-state index in [1.807, 2.05) is 6.92 Å². The maximum absolute atomic E-state index is 10.5. The topological polar surface area (TPSA) is 63.3 Å². The molecule has 1 N–H and O–H groups in total. The van der Waals surface area contributed by atoms with E-state index in [0.29, 0.717) is 11.8 Å². The Kier molecular flexibility index (Phi) is 2.75. The van der Waals surface area contributed by atoms with Gasteiger partial charge in [-0.3, -0.25) is 4.79 Å². The fraction of sp³-hybridized carbons (Fsp3) is 0.636. The van der Waals surface area contributed by atoms with Crippen molar-refractivity contribution in [2.75, 3.05) is 0 Å². The number of carboxylic acid groups (broad SMARTS) is 1. The van der Waals surface area contributed by atoms with Gasteiger partial charge in [0.2, 0.25) is 5.89 Å². The summed E-state index contributed by atoms with van der Waals surface area (Å²) in [6.45, 7) is 1.89. The van der Waals surface area contributed by atoms with Crippen molar-refractivity contribution in [2.45, 2.75) is 44.9 Å². The molecule has 0 atom stereocenters. The molecule has 1 aromatic rings. The number of oxazole rings is 1. The average Bonchev–Trinajstić information content (AvgIpc) is 2.72. The molecule has 0 bridgehead atoms. The van der Waals surface area contributed by atoms with Gasteiger partial charge in [-0.25, -0.2) is 4.98 Å². The molecule has 1 saturated carbocycles. The minimum atomic E-state index is -0.894. The summed E-state index contributed by atoms with van der Waals surface area (Å²) >= 11 is 0. The van der Waals surface area contributed by atoms with Crippen molar-refractivity contribution in [1.29, 1.82) is 0 Å². The fourth-order valence-electron chi connectivity index (χ4n) is 2.24. The van der Waals surface area contributed by atoms with Crippen molar-refractivity contribution >= 4 is 5.97 Å². The zero-order chi connectivity index (χ0) is 10.8. The van der Waals surface area contributed by atoms with Crippen LogP contribution in [0.15, 0.2) is 4.42 Å². The van der Waals surface area contributed by atoms with Crippen molar-refractivity contribution in [3.8, 4) is 0 Å². The van der Waals surface area contributed by atoms with Gasteiger partial charge in [0.05, 0.1) is 5.69 Å². The minimum Gasteiger partial charge on any atom is -0.481 e. The molecule has 0 aliphatic heterocycles. The van der Waals surface area contributed by atoms with Gasteiger partial charge < -0.3 is 9.52 Å². The first-order valence-corrected chi connectivity index (χ1v) is 5.35. The van der Waals surface area contributed by atoms with Gasteiger partial charge in [-0.2, -0.15) is 0 Å². The molecule has 1 aromatic heterocycles. The molecule has 82 valence electrons. The van der Waals surface area contributed by atoms with E-state index in [9.17, 15) is 4.79 Å². The third kappa shape index (κ3) is 2.19. The Labute approximate surface area is 88.3 Å². The number of aromatic nitrogens is 1. The predicted octanol–water partition coefficient (Wildman–Crippen LogP) is 2.27. The third-order valence-corrected chi connectivity index (χ3v) is 2.91. The van der Waals surface area contributed by atoms with Crippen molar-refractivity contribution in [3.05, 3.63) is 17.3 Å². The highest BCUT2D eigenvalue weighted by Gasteiger charge is 2.24. The van der Waals surface area contributed by atoms with Gasteiger partial charge in [0.15, 0.2) is 0 Å². The second-order valence-corrected chi connectivity index (χ2v) is 4.11. The summed E-state index contributed by atoms with van der Waals surface area (Å²) in [6.07, 6.45) is 4.64. The van der Waals surface area contributed by atoms with E-state index in [1.54, 1.807) is 0 Å². The first-order chi connectivity index (χ1) is 7.16. The van der Waals surface area contributed by atoms with E-state index in [1.165, 1.54) is 12.8 Å². The number of carbonyl (C=O) groups is 1. The van der Waals surface area contributed by atoms with Gasteiger partial charge in [-0.1, -0.05) is 12.8 Å². The summed E-state index contributed by atoms with van der Waals surface area (Å²) in [4.78, 5) is 14.7. The van der Waals surface area contributed by atoms with E-state index >= 15 is 0 Å². The first-order valence-electron chi connectivity index (χ1n) is 5.35. The number of aryl methyl sites for hydroxylation is 1. The van der Waals surface area contributed by atoms with Gasteiger partial charge in [-0.15, -0.1) is 0 Å². The quantitative estimate of drug-likeness (QED) is 0.829. The molecule has 0 saturated heterocycles. The van der Waals surface area contributed by atoms with Crippen LogP contribution in [0.1, 0.15) is 48.9 Å². The number of rotatable bonds is 3. The molecule has 0 radical (unpaired) electrons. The van der Waals surface area contributed by atoms with Crippen LogP contribution in [-0.4, -0.2) is 16.1 Å². The minimum absolute atomic E-state index is 0.118. The number of carboxylic acids is 1. The third-order valence-electron chi connectivity index (χ3n) is 2.91. The van der Waals surface area contributed by atoms with Crippen LogP contribution in [0, 0.1) is 6.92 Å². The Balaban J connectivity index is 2.17. The smallest absolute Gasteiger partial charge is 0.312 e. The largest absolute Gasteiger partial charge is 0.481 e.